The molecule has 1 aromatic rings. The number of hydrogen-bond acceptors (Lipinski definition) is 4. The molecule has 6 heteroatoms. The van der Waals surface area contributed by atoms with Gasteiger partial charge in [0.1, 0.15) is 0 Å². The molecule has 1 aliphatic heterocycles. The molecule has 2 rings (SSSR count). The van der Waals surface area contributed by atoms with Gasteiger partial charge < -0.3 is 10.1 Å². The molecule has 0 amide bonds. The summed E-state index contributed by atoms with van der Waals surface area (Å²) in [5.74, 6) is 0.536. The maximum atomic E-state index is 11.9. The van der Waals surface area contributed by atoms with Crippen molar-refractivity contribution in [2.45, 2.75) is 17.7 Å². The number of hydrogen-bond donors (Lipinski definition) is 1. The standard InChI is InChI=1S/C14H22N2O3S/c1-16(2)20(17,18)14-7-5-13(6-8-14)15-10-12-4-3-9-19-11-12/h5-8,12,15H,3-4,9-11H2,1-2H3. The molecular formula is C14H22N2O3S. The van der Waals surface area contributed by atoms with Crippen LogP contribution in [0.4, 0.5) is 5.69 Å². The molecule has 1 fully saturated rings. The minimum Gasteiger partial charge on any atom is -0.385 e. The number of ether oxygens (including phenoxy) is 1. The van der Waals surface area contributed by atoms with E-state index in [1.165, 1.54) is 24.8 Å². The van der Waals surface area contributed by atoms with Gasteiger partial charge in [0.2, 0.25) is 10.0 Å². The second kappa shape index (κ2) is 6.56. The number of nitrogens with zero attached hydrogens (tertiary/aromatic N) is 1. The lowest BCUT2D eigenvalue weighted by molar-refractivity contribution is 0.0595. The quantitative estimate of drug-likeness (QED) is 0.900. The third kappa shape index (κ3) is 3.71. The van der Waals surface area contributed by atoms with Gasteiger partial charge in [-0.3, -0.25) is 0 Å². The van der Waals surface area contributed by atoms with Gasteiger partial charge in [0.25, 0.3) is 0 Å². The van der Waals surface area contributed by atoms with Crippen LogP contribution in [0.25, 0.3) is 0 Å². The van der Waals surface area contributed by atoms with Gasteiger partial charge in [0.05, 0.1) is 11.5 Å². The van der Waals surface area contributed by atoms with Crippen molar-refractivity contribution in [3.05, 3.63) is 24.3 Å². The van der Waals surface area contributed by atoms with E-state index >= 15 is 0 Å². The fourth-order valence-electron chi connectivity index (χ4n) is 2.19. The zero-order valence-electron chi connectivity index (χ0n) is 12.0. The average Bonchev–Trinajstić information content (AvgIpc) is 2.46. The molecule has 0 spiro atoms. The number of rotatable bonds is 5. The van der Waals surface area contributed by atoms with E-state index in [9.17, 15) is 8.42 Å². The second-order valence-electron chi connectivity index (χ2n) is 5.28. The molecule has 1 atom stereocenters. The van der Waals surface area contributed by atoms with Crippen molar-refractivity contribution in [3.8, 4) is 0 Å². The highest BCUT2D eigenvalue weighted by Crippen LogP contribution is 2.18. The predicted octanol–water partition coefficient (Wildman–Crippen LogP) is 1.78. The maximum absolute atomic E-state index is 11.9. The summed E-state index contributed by atoms with van der Waals surface area (Å²) in [5, 5.41) is 3.33. The molecule has 1 saturated heterocycles. The Morgan fingerprint density at radius 1 is 1.30 bits per heavy atom. The lowest BCUT2D eigenvalue weighted by atomic mass is 10.0. The molecule has 0 radical (unpaired) electrons. The van der Waals surface area contributed by atoms with Crippen LogP contribution in [0.2, 0.25) is 0 Å². The van der Waals surface area contributed by atoms with Crippen LogP contribution in [-0.4, -0.2) is 46.6 Å². The zero-order chi connectivity index (χ0) is 14.6. The van der Waals surface area contributed by atoms with Crippen molar-refractivity contribution in [2.24, 2.45) is 5.92 Å². The van der Waals surface area contributed by atoms with Crippen LogP contribution in [0.3, 0.4) is 0 Å². The highest BCUT2D eigenvalue weighted by atomic mass is 32.2. The minimum atomic E-state index is -3.34. The largest absolute Gasteiger partial charge is 0.385 e. The van der Waals surface area contributed by atoms with Crippen molar-refractivity contribution in [2.75, 3.05) is 39.2 Å². The van der Waals surface area contributed by atoms with Gasteiger partial charge in [-0.1, -0.05) is 0 Å². The van der Waals surface area contributed by atoms with Crippen molar-refractivity contribution in [3.63, 3.8) is 0 Å². The van der Waals surface area contributed by atoms with Gasteiger partial charge in [-0.05, 0) is 43.0 Å². The molecule has 0 bridgehead atoms. The Morgan fingerprint density at radius 3 is 2.55 bits per heavy atom. The van der Waals surface area contributed by atoms with Gasteiger partial charge in [0, 0.05) is 32.9 Å². The number of anilines is 1. The van der Waals surface area contributed by atoms with E-state index in [1.807, 2.05) is 0 Å². The van der Waals surface area contributed by atoms with Gasteiger partial charge >= 0.3 is 0 Å². The first-order valence-electron chi connectivity index (χ1n) is 6.84. The van der Waals surface area contributed by atoms with Gasteiger partial charge in [-0.25, -0.2) is 12.7 Å². The van der Waals surface area contributed by atoms with E-state index in [1.54, 1.807) is 24.3 Å². The molecule has 1 aliphatic rings. The van der Waals surface area contributed by atoms with Crippen LogP contribution in [0.15, 0.2) is 29.2 Å². The summed E-state index contributed by atoms with van der Waals surface area (Å²) < 4.78 is 30.5. The number of sulfonamides is 1. The highest BCUT2D eigenvalue weighted by molar-refractivity contribution is 7.89. The van der Waals surface area contributed by atoms with E-state index in [0.29, 0.717) is 10.8 Å². The van der Waals surface area contributed by atoms with Crippen LogP contribution in [0, 0.1) is 5.92 Å². The van der Waals surface area contributed by atoms with E-state index in [4.69, 9.17) is 4.74 Å². The van der Waals surface area contributed by atoms with Crippen molar-refractivity contribution in [1.29, 1.82) is 0 Å². The first-order chi connectivity index (χ1) is 9.50. The van der Waals surface area contributed by atoms with E-state index in [-0.39, 0.29) is 0 Å². The summed E-state index contributed by atoms with van der Waals surface area (Å²) in [4.78, 5) is 0.314. The fraction of sp³-hybridized carbons (Fsp3) is 0.571. The predicted molar refractivity (Wildman–Crippen MR) is 79.3 cm³/mol. The van der Waals surface area contributed by atoms with E-state index in [2.05, 4.69) is 5.32 Å². The van der Waals surface area contributed by atoms with Crippen LogP contribution in [0.5, 0.6) is 0 Å². The van der Waals surface area contributed by atoms with Gasteiger partial charge in [0.15, 0.2) is 0 Å². The molecule has 1 N–H and O–H groups in total. The first kappa shape index (κ1) is 15.3. The molecule has 0 aliphatic carbocycles. The third-order valence-corrected chi connectivity index (χ3v) is 5.31. The Kier molecular flexibility index (Phi) is 5.01. The highest BCUT2D eigenvalue weighted by Gasteiger charge is 2.17. The van der Waals surface area contributed by atoms with Crippen molar-refractivity contribution >= 4 is 15.7 Å². The van der Waals surface area contributed by atoms with Crippen LogP contribution in [0.1, 0.15) is 12.8 Å². The van der Waals surface area contributed by atoms with Gasteiger partial charge in [-0.2, -0.15) is 0 Å². The van der Waals surface area contributed by atoms with Crippen LogP contribution >= 0.6 is 0 Å². The van der Waals surface area contributed by atoms with Crippen molar-refractivity contribution < 1.29 is 13.2 Å². The lowest BCUT2D eigenvalue weighted by Crippen LogP contribution is -2.24. The molecule has 20 heavy (non-hydrogen) atoms. The molecule has 112 valence electrons. The Bertz CT molecular complexity index is 520. The average molecular weight is 298 g/mol. The molecular weight excluding hydrogens is 276 g/mol. The summed E-state index contributed by atoms with van der Waals surface area (Å²) in [6.45, 7) is 2.54. The SMILES string of the molecule is CN(C)S(=O)(=O)c1ccc(NCC2CCCOC2)cc1. The molecule has 1 heterocycles. The normalized spacial score (nSPS) is 20.1. The summed E-state index contributed by atoms with van der Waals surface area (Å²) >= 11 is 0. The Morgan fingerprint density at radius 2 is 2.00 bits per heavy atom. The van der Waals surface area contributed by atoms with E-state index in [0.717, 1.165) is 31.9 Å². The summed E-state index contributed by atoms with van der Waals surface area (Å²) in [6, 6.07) is 6.88. The molecule has 5 nitrogen and oxygen atoms in total. The molecule has 0 aromatic heterocycles. The molecule has 0 saturated carbocycles. The first-order valence-corrected chi connectivity index (χ1v) is 8.28. The third-order valence-electron chi connectivity index (χ3n) is 3.48. The van der Waals surface area contributed by atoms with Crippen LogP contribution in [-0.2, 0) is 14.8 Å². The Balaban J connectivity index is 1.94. The monoisotopic (exact) mass is 298 g/mol. The molecule has 1 unspecified atom stereocenters. The number of nitrogens with one attached hydrogen (secondary N) is 1. The van der Waals surface area contributed by atoms with Crippen LogP contribution < -0.4 is 5.32 Å². The van der Waals surface area contributed by atoms with Gasteiger partial charge in [-0.15, -0.1) is 0 Å². The summed E-state index contributed by atoms with van der Waals surface area (Å²) in [6.07, 6.45) is 2.30. The smallest absolute Gasteiger partial charge is 0.242 e. The molecule has 1 aromatic carbocycles. The van der Waals surface area contributed by atoms with Crippen molar-refractivity contribution in [1.82, 2.24) is 4.31 Å². The minimum absolute atomic E-state index is 0.314. The topological polar surface area (TPSA) is 58.6 Å². The Labute approximate surface area is 121 Å². The number of benzene rings is 1. The fourth-order valence-corrected chi connectivity index (χ4v) is 3.09. The lowest BCUT2D eigenvalue weighted by Gasteiger charge is -2.22. The zero-order valence-corrected chi connectivity index (χ0v) is 12.8. The second-order valence-corrected chi connectivity index (χ2v) is 7.43. The summed E-state index contributed by atoms with van der Waals surface area (Å²) in [5.41, 5.74) is 0.938. The Hall–Kier alpha value is -1.11. The summed E-state index contributed by atoms with van der Waals surface area (Å²) in [7, 11) is -0.279. The van der Waals surface area contributed by atoms with E-state index < -0.39 is 10.0 Å². The maximum Gasteiger partial charge on any atom is 0.242 e.